The quantitative estimate of drug-likeness (QED) is 0.671. The van der Waals surface area contributed by atoms with Gasteiger partial charge in [-0.3, -0.25) is 9.69 Å². The first kappa shape index (κ1) is 18.0. The van der Waals surface area contributed by atoms with Crippen molar-refractivity contribution in [3.05, 3.63) is 17.9 Å². The summed E-state index contributed by atoms with van der Waals surface area (Å²) in [7, 11) is 0. The molecule has 9 nitrogen and oxygen atoms in total. The molecular weight excluding hydrogens is 359 g/mol. The lowest BCUT2D eigenvalue weighted by Gasteiger charge is -2.33. The molecule has 0 radical (unpaired) electrons. The maximum absolute atomic E-state index is 14.2. The molecule has 0 bridgehead atoms. The summed E-state index contributed by atoms with van der Waals surface area (Å²) < 4.78 is 24.5. The number of carbonyl (C=O) groups is 2. The fourth-order valence-electron chi connectivity index (χ4n) is 3.63. The van der Waals surface area contributed by atoms with Crippen LogP contribution in [0.15, 0.2) is 12.1 Å². The molecule has 146 valence electrons. The van der Waals surface area contributed by atoms with E-state index in [0.29, 0.717) is 32.8 Å². The van der Waals surface area contributed by atoms with Crippen molar-refractivity contribution < 1.29 is 28.6 Å². The van der Waals surface area contributed by atoms with Gasteiger partial charge in [0.1, 0.15) is 0 Å². The molecule has 0 aromatic heterocycles. The number of aliphatic hydroxyl groups is 1. The molecule has 0 unspecified atom stereocenters. The largest absolute Gasteiger partial charge is 0.478 e. The van der Waals surface area contributed by atoms with Crippen molar-refractivity contribution in [2.45, 2.75) is 12.1 Å². The molecule has 0 saturated carbocycles. The fourth-order valence-corrected chi connectivity index (χ4v) is 3.63. The zero-order valence-electron chi connectivity index (χ0n) is 14.6. The van der Waals surface area contributed by atoms with Crippen LogP contribution in [0.2, 0.25) is 0 Å². The number of halogens is 1. The number of fused-ring (bicyclic) bond motifs is 1. The number of likely N-dealkylation sites (tertiary alicyclic amines) is 1. The van der Waals surface area contributed by atoms with Crippen LogP contribution in [0.3, 0.4) is 0 Å². The SMILES string of the molecule is O=C1COc2c(F)cc(NC(=O)N3C[C@@H](O)[C@H](N4CCOCC4)C3)cc2N1. The number of benzene rings is 1. The molecule has 0 spiro atoms. The van der Waals surface area contributed by atoms with Gasteiger partial charge in [-0.2, -0.15) is 0 Å². The van der Waals surface area contributed by atoms with Crippen molar-refractivity contribution in [2.75, 3.05) is 56.6 Å². The van der Waals surface area contributed by atoms with Crippen LogP contribution in [0.5, 0.6) is 5.75 Å². The first-order valence-electron chi connectivity index (χ1n) is 8.83. The summed E-state index contributed by atoms with van der Waals surface area (Å²) in [5.74, 6) is -1.10. The van der Waals surface area contributed by atoms with E-state index in [1.807, 2.05) is 0 Å². The summed E-state index contributed by atoms with van der Waals surface area (Å²) in [6.07, 6.45) is -0.651. The van der Waals surface area contributed by atoms with Crippen molar-refractivity contribution in [2.24, 2.45) is 0 Å². The summed E-state index contributed by atoms with van der Waals surface area (Å²) in [4.78, 5) is 27.6. The first-order valence-corrected chi connectivity index (χ1v) is 8.83. The molecule has 10 heteroatoms. The van der Waals surface area contributed by atoms with Crippen molar-refractivity contribution >= 4 is 23.3 Å². The summed E-state index contributed by atoms with van der Waals surface area (Å²) >= 11 is 0. The lowest BCUT2D eigenvalue weighted by Crippen LogP contribution is -2.49. The third-order valence-corrected chi connectivity index (χ3v) is 4.98. The van der Waals surface area contributed by atoms with Crippen LogP contribution in [0.1, 0.15) is 0 Å². The zero-order chi connectivity index (χ0) is 19.0. The number of hydrogen-bond acceptors (Lipinski definition) is 6. The Bertz CT molecular complexity index is 755. The van der Waals surface area contributed by atoms with Gasteiger partial charge in [0.05, 0.1) is 37.6 Å². The van der Waals surface area contributed by atoms with Gasteiger partial charge in [-0.15, -0.1) is 0 Å². The van der Waals surface area contributed by atoms with Crippen molar-refractivity contribution in [1.29, 1.82) is 0 Å². The van der Waals surface area contributed by atoms with Gasteiger partial charge in [0, 0.05) is 31.4 Å². The van der Waals surface area contributed by atoms with Crippen LogP contribution in [0.25, 0.3) is 0 Å². The number of rotatable bonds is 2. The average Bonchev–Trinajstić information content (AvgIpc) is 3.04. The monoisotopic (exact) mass is 380 g/mol. The summed E-state index contributed by atoms with van der Waals surface area (Å²) in [5, 5.41) is 15.5. The second-order valence-corrected chi connectivity index (χ2v) is 6.79. The number of nitrogens with zero attached hydrogens (tertiary/aromatic N) is 2. The maximum atomic E-state index is 14.2. The van der Waals surface area contributed by atoms with E-state index in [1.165, 1.54) is 11.0 Å². The number of anilines is 2. The Hall–Kier alpha value is -2.43. The normalized spacial score (nSPS) is 25.6. The molecule has 3 N–H and O–H groups in total. The smallest absolute Gasteiger partial charge is 0.321 e. The lowest BCUT2D eigenvalue weighted by molar-refractivity contribution is -0.118. The predicted octanol–water partition coefficient (Wildman–Crippen LogP) is 0.0658. The highest BCUT2D eigenvalue weighted by molar-refractivity contribution is 5.97. The summed E-state index contributed by atoms with van der Waals surface area (Å²) in [6, 6.07) is 2.00. The van der Waals surface area contributed by atoms with Gasteiger partial charge in [0.25, 0.3) is 5.91 Å². The Balaban J connectivity index is 1.43. The minimum absolute atomic E-state index is 0.0448. The fraction of sp³-hybridized carbons (Fsp3) is 0.529. The third kappa shape index (κ3) is 3.68. The van der Waals surface area contributed by atoms with Gasteiger partial charge in [-0.05, 0) is 6.07 Å². The molecule has 2 saturated heterocycles. The zero-order valence-corrected chi connectivity index (χ0v) is 14.6. The number of nitrogens with one attached hydrogen (secondary N) is 2. The Morgan fingerprint density at radius 2 is 2.07 bits per heavy atom. The van der Waals surface area contributed by atoms with Gasteiger partial charge in [0.15, 0.2) is 18.2 Å². The van der Waals surface area contributed by atoms with Crippen LogP contribution in [0.4, 0.5) is 20.6 Å². The van der Waals surface area contributed by atoms with Gasteiger partial charge in [-0.25, -0.2) is 9.18 Å². The Labute approximate surface area is 155 Å². The van der Waals surface area contributed by atoms with Crippen LogP contribution in [-0.2, 0) is 9.53 Å². The molecule has 3 amide bonds. The highest BCUT2D eigenvalue weighted by Crippen LogP contribution is 2.34. The molecular formula is C17H21FN4O5. The van der Waals surface area contributed by atoms with E-state index in [-0.39, 0.29) is 42.2 Å². The molecule has 0 aliphatic carbocycles. The average molecular weight is 380 g/mol. The predicted molar refractivity (Wildman–Crippen MR) is 93.3 cm³/mol. The lowest BCUT2D eigenvalue weighted by atomic mass is 10.2. The van der Waals surface area contributed by atoms with Crippen LogP contribution in [0, 0.1) is 5.82 Å². The number of carbonyl (C=O) groups excluding carboxylic acids is 2. The number of β-amino-alcohol motifs (C(OH)–C–C–N with tert-alkyl or cyclic N) is 1. The van der Waals surface area contributed by atoms with E-state index in [9.17, 15) is 19.1 Å². The molecule has 1 aromatic rings. The van der Waals surface area contributed by atoms with Crippen molar-refractivity contribution in [3.8, 4) is 5.75 Å². The standard InChI is InChI=1S/C17H21FN4O5/c18-11-5-10(6-12-16(11)27-9-15(24)20-12)19-17(25)22-7-13(14(23)8-22)21-1-3-26-4-2-21/h5-6,13-14,23H,1-4,7-9H2,(H,19,25)(H,20,24)/t13-,14-/m1/s1. The van der Waals surface area contributed by atoms with E-state index in [1.54, 1.807) is 0 Å². The topological polar surface area (TPSA) is 103 Å². The molecule has 2 fully saturated rings. The van der Waals surface area contributed by atoms with Gasteiger partial charge in [0.2, 0.25) is 0 Å². The molecule has 3 heterocycles. The van der Waals surface area contributed by atoms with E-state index in [0.717, 1.165) is 6.07 Å². The number of hydrogen-bond donors (Lipinski definition) is 3. The van der Waals surface area contributed by atoms with Crippen LogP contribution < -0.4 is 15.4 Å². The Kier molecular flexibility index (Phi) is 4.85. The second-order valence-electron chi connectivity index (χ2n) is 6.79. The summed E-state index contributed by atoms with van der Waals surface area (Å²) in [6.45, 7) is 2.97. The molecule has 4 rings (SSSR count). The van der Waals surface area contributed by atoms with Gasteiger partial charge < -0.3 is 30.1 Å². The van der Waals surface area contributed by atoms with Crippen LogP contribution in [-0.4, -0.2) is 85.0 Å². The van der Waals surface area contributed by atoms with Gasteiger partial charge >= 0.3 is 6.03 Å². The van der Waals surface area contributed by atoms with Crippen molar-refractivity contribution in [3.63, 3.8) is 0 Å². The third-order valence-electron chi connectivity index (χ3n) is 4.98. The molecule has 3 aliphatic rings. The number of ether oxygens (including phenoxy) is 2. The van der Waals surface area contributed by atoms with E-state index < -0.39 is 18.0 Å². The molecule has 27 heavy (non-hydrogen) atoms. The summed E-state index contributed by atoms with van der Waals surface area (Å²) in [5.41, 5.74) is 0.376. The van der Waals surface area contributed by atoms with E-state index >= 15 is 0 Å². The number of morpholine rings is 1. The Morgan fingerprint density at radius 1 is 1.30 bits per heavy atom. The maximum Gasteiger partial charge on any atom is 0.321 e. The van der Waals surface area contributed by atoms with E-state index in [2.05, 4.69) is 15.5 Å². The number of urea groups is 1. The number of aliphatic hydroxyl groups excluding tert-OH is 1. The van der Waals surface area contributed by atoms with Crippen LogP contribution >= 0.6 is 0 Å². The number of amides is 3. The van der Waals surface area contributed by atoms with E-state index in [4.69, 9.17) is 9.47 Å². The minimum atomic E-state index is -0.671. The molecule has 3 aliphatic heterocycles. The first-order chi connectivity index (χ1) is 13.0. The second kappa shape index (κ2) is 7.29. The Morgan fingerprint density at radius 3 is 2.85 bits per heavy atom. The minimum Gasteiger partial charge on any atom is -0.478 e. The molecule has 2 atom stereocenters. The molecule has 1 aromatic carbocycles. The highest BCUT2D eigenvalue weighted by atomic mass is 19.1. The van der Waals surface area contributed by atoms with Crippen molar-refractivity contribution in [1.82, 2.24) is 9.80 Å². The highest BCUT2D eigenvalue weighted by Gasteiger charge is 2.38. The van der Waals surface area contributed by atoms with Gasteiger partial charge in [-0.1, -0.05) is 0 Å².